The second-order valence-corrected chi connectivity index (χ2v) is 8.65. The molecule has 1 fully saturated rings. The third kappa shape index (κ3) is 5.75. The van der Waals surface area contributed by atoms with Gasteiger partial charge in [0.1, 0.15) is 0 Å². The molecule has 4 rings (SSSR count). The van der Waals surface area contributed by atoms with Crippen molar-refractivity contribution in [3.8, 4) is 11.5 Å². The minimum Gasteiger partial charge on any atom is -0.493 e. The van der Waals surface area contributed by atoms with Gasteiger partial charge in [0, 0.05) is 32.1 Å². The Hall–Kier alpha value is -3.39. The molecule has 180 valence electrons. The molecule has 8 heteroatoms. The summed E-state index contributed by atoms with van der Waals surface area (Å²) in [5.74, 6) is 0.974. The molecule has 1 aromatic heterocycles. The number of carbonyl (C=O) groups excluding carboxylic acids is 1. The van der Waals surface area contributed by atoms with E-state index in [1.807, 2.05) is 0 Å². The molecule has 1 aliphatic heterocycles. The fourth-order valence-electron chi connectivity index (χ4n) is 4.31. The summed E-state index contributed by atoms with van der Waals surface area (Å²) < 4.78 is 12.1. The number of hydrogen-bond donors (Lipinski definition) is 1. The maximum atomic E-state index is 12.8. The Morgan fingerprint density at radius 1 is 1.03 bits per heavy atom. The fraction of sp³-hybridized carbons (Fsp3) is 0.423. The summed E-state index contributed by atoms with van der Waals surface area (Å²) in [7, 11) is 3.07. The lowest BCUT2D eigenvalue weighted by molar-refractivity contribution is -0.121. The topological polar surface area (TPSA) is 85.7 Å². The molecule has 0 saturated carbocycles. The van der Waals surface area contributed by atoms with Crippen LogP contribution in [0.4, 0.5) is 0 Å². The molecule has 0 unspecified atom stereocenters. The highest BCUT2D eigenvalue weighted by Crippen LogP contribution is 2.29. The highest BCUT2D eigenvalue weighted by atomic mass is 16.5. The lowest BCUT2D eigenvalue weighted by Gasteiger charge is -2.14. The molecule has 1 N–H and O–H groups in total. The molecule has 0 radical (unpaired) electrons. The van der Waals surface area contributed by atoms with Crippen molar-refractivity contribution in [2.24, 2.45) is 0 Å². The monoisotopic (exact) mass is 464 g/mol. The largest absolute Gasteiger partial charge is 0.493 e. The third-order valence-corrected chi connectivity index (χ3v) is 6.25. The van der Waals surface area contributed by atoms with Crippen LogP contribution in [0.1, 0.15) is 36.8 Å². The molecule has 1 saturated heterocycles. The highest BCUT2D eigenvalue weighted by Gasteiger charge is 2.13. The number of methoxy groups -OCH3 is 2. The average Bonchev–Trinajstić information content (AvgIpc) is 3.37. The normalized spacial score (nSPS) is 13.8. The van der Waals surface area contributed by atoms with E-state index in [1.54, 1.807) is 19.2 Å². The van der Waals surface area contributed by atoms with Crippen LogP contribution in [0.25, 0.3) is 10.9 Å². The molecule has 0 spiro atoms. The van der Waals surface area contributed by atoms with Gasteiger partial charge in [-0.25, -0.2) is 4.98 Å². The second-order valence-electron chi connectivity index (χ2n) is 8.65. The predicted molar refractivity (Wildman–Crippen MR) is 131 cm³/mol. The number of benzene rings is 2. The van der Waals surface area contributed by atoms with Gasteiger partial charge in [0.15, 0.2) is 11.5 Å². The predicted octanol–water partition coefficient (Wildman–Crippen LogP) is 3.11. The van der Waals surface area contributed by atoms with Gasteiger partial charge in [-0.2, -0.15) is 0 Å². The summed E-state index contributed by atoms with van der Waals surface area (Å²) in [5, 5.41) is 3.42. The smallest absolute Gasteiger partial charge is 0.261 e. The van der Waals surface area contributed by atoms with E-state index in [2.05, 4.69) is 39.5 Å². The number of carbonyl (C=O) groups is 1. The van der Waals surface area contributed by atoms with Crippen molar-refractivity contribution in [2.45, 2.75) is 45.3 Å². The van der Waals surface area contributed by atoms with E-state index in [0.717, 1.165) is 12.1 Å². The molecular weight excluding hydrogens is 432 g/mol. The number of nitrogens with one attached hydrogen (secondary N) is 1. The Kier molecular flexibility index (Phi) is 7.80. The van der Waals surface area contributed by atoms with Crippen molar-refractivity contribution >= 4 is 16.8 Å². The Balaban J connectivity index is 1.26. The van der Waals surface area contributed by atoms with Gasteiger partial charge in [-0.3, -0.25) is 19.1 Å². The van der Waals surface area contributed by atoms with E-state index in [0.29, 0.717) is 48.3 Å². The van der Waals surface area contributed by atoms with Crippen molar-refractivity contribution in [1.29, 1.82) is 0 Å². The number of ether oxygens (including phenoxy) is 2. The zero-order chi connectivity index (χ0) is 23.9. The van der Waals surface area contributed by atoms with Gasteiger partial charge in [-0.15, -0.1) is 0 Å². The number of hydrogen-bond acceptors (Lipinski definition) is 6. The zero-order valence-electron chi connectivity index (χ0n) is 19.9. The minimum absolute atomic E-state index is 0.0330. The summed E-state index contributed by atoms with van der Waals surface area (Å²) in [6.45, 7) is 4.27. The van der Waals surface area contributed by atoms with Crippen LogP contribution < -0.4 is 20.3 Å². The number of aromatic nitrogens is 2. The van der Waals surface area contributed by atoms with E-state index >= 15 is 0 Å². The van der Waals surface area contributed by atoms with Gasteiger partial charge in [0.2, 0.25) is 5.91 Å². The van der Waals surface area contributed by atoms with Crippen LogP contribution in [0.3, 0.4) is 0 Å². The Morgan fingerprint density at radius 3 is 2.41 bits per heavy atom. The molecule has 34 heavy (non-hydrogen) atoms. The van der Waals surface area contributed by atoms with E-state index in [1.165, 1.54) is 49.5 Å². The quantitative estimate of drug-likeness (QED) is 0.496. The zero-order valence-corrected chi connectivity index (χ0v) is 19.9. The van der Waals surface area contributed by atoms with E-state index in [9.17, 15) is 9.59 Å². The first kappa shape index (κ1) is 23.8. The second kappa shape index (κ2) is 11.2. The number of aryl methyl sites for hydroxylation is 1. The highest BCUT2D eigenvalue weighted by molar-refractivity contribution is 5.81. The molecule has 0 atom stereocenters. The molecule has 3 aromatic rings. The number of fused-ring (bicyclic) bond motifs is 1. The molecule has 0 bridgehead atoms. The van der Waals surface area contributed by atoms with Crippen LogP contribution in [0.2, 0.25) is 0 Å². The first-order valence-electron chi connectivity index (χ1n) is 11.8. The van der Waals surface area contributed by atoms with Crippen LogP contribution in [0.5, 0.6) is 11.5 Å². The van der Waals surface area contributed by atoms with Gasteiger partial charge < -0.3 is 14.8 Å². The average molecular weight is 465 g/mol. The number of nitrogens with zero attached hydrogens (tertiary/aromatic N) is 3. The summed E-state index contributed by atoms with van der Waals surface area (Å²) in [4.78, 5) is 32.0. The first-order valence-corrected chi connectivity index (χ1v) is 11.8. The molecular formula is C26H32N4O4. The maximum Gasteiger partial charge on any atom is 0.261 e. The lowest BCUT2D eigenvalue weighted by atomic mass is 10.1. The van der Waals surface area contributed by atoms with Gasteiger partial charge in [0.25, 0.3) is 5.56 Å². The van der Waals surface area contributed by atoms with E-state index in [4.69, 9.17) is 9.47 Å². The summed E-state index contributed by atoms with van der Waals surface area (Å²) in [6.07, 6.45) is 4.98. The van der Waals surface area contributed by atoms with Gasteiger partial charge in [-0.05, 0) is 49.5 Å². The summed E-state index contributed by atoms with van der Waals surface area (Å²) in [6, 6.07) is 11.8. The molecule has 1 aliphatic rings. The third-order valence-electron chi connectivity index (χ3n) is 6.25. The van der Waals surface area contributed by atoms with Gasteiger partial charge >= 0.3 is 0 Å². The van der Waals surface area contributed by atoms with Crippen molar-refractivity contribution in [3.05, 3.63) is 64.2 Å². The molecule has 1 amide bonds. The molecule has 8 nitrogen and oxygen atoms in total. The number of amides is 1. The Bertz CT molecular complexity index is 1180. The maximum absolute atomic E-state index is 12.8. The van der Waals surface area contributed by atoms with Crippen LogP contribution in [-0.4, -0.2) is 47.7 Å². The minimum atomic E-state index is -0.166. The van der Waals surface area contributed by atoms with Crippen molar-refractivity contribution in [2.75, 3.05) is 27.3 Å². The van der Waals surface area contributed by atoms with E-state index in [-0.39, 0.29) is 11.5 Å². The van der Waals surface area contributed by atoms with Crippen LogP contribution in [-0.2, 0) is 24.4 Å². The molecule has 0 aliphatic carbocycles. The van der Waals surface area contributed by atoms with Crippen molar-refractivity contribution < 1.29 is 14.3 Å². The standard InChI is InChI=1S/C26H32N4O4/c1-33-23-14-21-22(15-24(23)34-2)28-18-30(26(21)32)13-5-6-25(31)27-16-19-7-9-20(10-8-19)17-29-11-3-4-12-29/h7-10,14-15,18H,3-6,11-13,16-17H2,1-2H3,(H,27,31). The van der Waals surface area contributed by atoms with E-state index < -0.39 is 0 Å². The summed E-state index contributed by atoms with van der Waals surface area (Å²) in [5.41, 5.74) is 2.77. The first-order chi connectivity index (χ1) is 16.6. The molecule has 2 heterocycles. The lowest BCUT2D eigenvalue weighted by Crippen LogP contribution is -2.25. The van der Waals surface area contributed by atoms with Crippen LogP contribution in [0, 0.1) is 0 Å². The Morgan fingerprint density at radius 2 is 1.71 bits per heavy atom. The van der Waals surface area contributed by atoms with Crippen LogP contribution in [0.15, 0.2) is 47.5 Å². The summed E-state index contributed by atoms with van der Waals surface area (Å²) >= 11 is 0. The Labute approximate surface area is 199 Å². The van der Waals surface area contributed by atoms with Gasteiger partial charge in [-0.1, -0.05) is 24.3 Å². The number of likely N-dealkylation sites (tertiary alicyclic amines) is 1. The van der Waals surface area contributed by atoms with Crippen molar-refractivity contribution in [1.82, 2.24) is 19.8 Å². The van der Waals surface area contributed by atoms with Crippen LogP contribution >= 0.6 is 0 Å². The van der Waals surface area contributed by atoms with Gasteiger partial charge in [0.05, 0.1) is 31.4 Å². The fourth-order valence-corrected chi connectivity index (χ4v) is 4.31. The number of rotatable bonds is 10. The molecule has 2 aromatic carbocycles. The SMILES string of the molecule is COc1cc2ncn(CCCC(=O)NCc3ccc(CN4CCCC4)cc3)c(=O)c2cc1OC. The van der Waals surface area contributed by atoms with Crippen molar-refractivity contribution in [3.63, 3.8) is 0 Å².